The molecule has 0 unspecified atom stereocenters. The predicted molar refractivity (Wildman–Crippen MR) is 50.2 cm³/mol. The van der Waals surface area contributed by atoms with E-state index < -0.39 is 17.6 Å². The number of rotatable bonds is 4. The molecular weight excluding hydrogens is 248 g/mol. The molecule has 0 atom stereocenters. The maximum Gasteiger partial charge on any atom is 0.357 e. The molecular formula is C9H6F4O2S. The van der Waals surface area contributed by atoms with E-state index in [1.807, 2.05) is 0 Å². The van der Waals surface area contributed by atoms with Crippen molar-refractivity contribution in [2.24, 2.45) is 0 Å². The third-order valence-electron chi connectivity index (χ3n) is 1.59. The van der Waals surface area contributed by atoms with Crippen LogP contribution in [0.3, 0.4) is 0 Å². The largest absolute Gasteiger partial charge is 0.478 e. The van der Waals surface area contributed by atoms with Gasteiger partial charge in [-0.2, -0.15) is 8.78 Å². The fourth-order valence-electron chi connectivity index (χ4n) is 0.894. The van der Waals surface area contributed by atoms with E-state index in [4.69, 9.17) is 5.11 Å². The van der Waals surface area contributed by atoms with Crippen LogP contribution in [0.2, 0.25) is 0 Å². The van der Waals surface area contributed by atoms with Crippen molar-refractivity contribution < 1.29 is 27.5 Å². The lowest BCUT2D eigenvalue weighted by atomic mass is 10.2. The number of aromatic carboxylic acids is 1. The lowest BCUT2D eigenvalue weighted by molar-refractivity contribution is -0.0563. The Morgan fingerprint density at radius 3 is 2.50 bits per heavy atom. The SMILES string of the molecule is O=C(O)c1cccc(SC(F)(F)C(F)F)c1. The van der Waals surface area contributed by atoms with E-state index in [1.54, 1.807) is 0 Å². The highest BCUT2D eigenvalue weighted by Gasteiger charge is 2.41. The molecule has 0 saturated heterocycles. The highest BCUT2D eigenvalue weighted by molar-refractivity contribution is 8.00. The van der Waals surface area contributed by atoms with Crippen LogP contribution in [0.4, 0.5) is 17.6 Å². The molecule has 1 N–H and O–H groups in total. The summed E-state index contributed by atoms with van der Waals surface area (Å²) in [6.07, 6.45) is -3.80. The zero-order valence-corrected chi connectivity index (χ0v) is 8.48. The first-order valence-electron chi connectivity index (χ1n) is 4.01. The van der Waals surface area contributed by atoms with E-state index in [-0.39, 0.29) is 22.2 Å². The van der Waals surface area contributed by atoms with Crippen molar-refractivity contribution in [1.29, 1.82) is 0 Å². The van der Waals surface area contributed by atoms with Gasteiger partial charge in [-0.1, -0.05) is 6.07 Å². The molecule has 1 aromatic rings. The minimum atomic E-state index is -4.23. The average molecular weight is 254 g/mol. The number of thioether (sulfide) groups is 1. The Morgan fingerprint density at radius 2 is 2.00 bits per heavy atom. The Balaban J connectivity index is 2.90. The van der Waals surface area contributed by atoms with E-state index in [0.717, 1.165) is 12.1 Å². The second kappa shape index (κ2) is 4.73. The molecule has 0 aliphatic carbocycles. The number of hydrogen-bond donors (Lipinski definition) is 1. The van der Waals surface area contributed by atoms with Gasteiger partial charge in [0.05, 0.1) is 5.56 Å². The summed E-state index contributed by atoms with van der Waals surface area (Å²) in [6.45, 7) is 0. The first-order valence-corrected chi connectivity index (χ1v) is 4.83. The Kier molecular flexibility index (Phi) is 3.79. The van der Waals surface area contributed by atoms with E-state index >= 15 is 0 Å². The zero-order chi connectivity index (χ0) is 12.3. The molecule has 16 heavy (non-hydrogen) atoms. The first kappa shape index (κ1) is 12.8. The Morgan fingerprint density at radius 1 is 1.38 bits per heavy atom. The van der Waals surface area contributed by atoms with Crippen LogP contribution in [0.5, 0.6) is 0 Å². The van der Waals surface area contributed by atoms with Crippen molar-refractivity contribution in [2.45, 2.75) is 16.6 Å². The van der Waals surface area contributed by atoms with Gasteiger partial charge in [0.1, 0.15) is 0 Å². The van der Waals surface area contributed by atoms with E-state index in [2.05, 4.69) is 0 Å². The standard InChI is InChI=1S/C9H6F4O2S/c10-8(11)9(12,13)16-6-3-1-2-5(4-6)7(14)15/h1-4,8H,(H,14,15). The lowest BCUT2D eigenvalue weighted by Gasteiger charge is -2.14. The number of alkyl halides is 4. The molecule has 0 radical (unpaired) electrons. The van der Waals surface area contributed by atoms with Crippen molar-refractivity contribution in [2.75, 3.05) is 0 Å². The number of halogens is 4. The number of benzene rings is 1. The summed E-state index contributed by atoms with van der Waals surface area (Å²) in [4.78, 5) is 10.3. The number of hydrogen-bond acceptors (Lipinski definition) is 2. The molecule has 0 amide bonds. The van der Waals surface area contributed by atoms with Gasteiger partial charge >= 0.3 is 17.6 Å². The van der Waals surface area contributed by atoms with Gasteiger partial charge < -0.3 is 5.11 Å². The molecule has 1 rings (SSSR count). The molecule has 88 valence electrons. The third-order valence-corrected chi connectivity index (χ3v) is 2.53. The summed E-state index contributed by atoms with van der Waals surface area (Å²) in [5.74, 6) is -1.30. The van der Waals surface area contributed by atoms with E-state index in [1.165, 1.54) is 12.1 Å². The van der Waals surface area contributed by atoms with Crippen LogP contribution < -0.4 is 0 Å². The van der Waals surface area contributed by atoms with Crippen LogP contribution in [0.15, 0.2) is 29.2 Å². The predicted octanol–water partition coefficient (Wildman–Crippen LogP) is 3.33. The molecule has 0 aliphatic heterocycles. The smallest absolute Gasteiger partial charge is 0.357 e. The molecule has 1 aromatic carbocycles. The molecule has 0 saturated carbocycles. The van der Waals surface area contributed by atoms with Crippen LogP contribution in [-0.2, 0) is 0 Å². The van der Waals surface area contributed by atoms with Crippen LogP contribution in [0.1, 0.15) is 10.4 Å². The van der Waals surface area contributed by atoms with Crippen molar-refractivity contribution in [3.8, 4) is 0 Å². The van der Waals surface area contributed by atoms with Gasteiger partial charge in [0, 0.05) is 4.90 Å². The fraction of sp³-hybridized carbons (Fsp3) is 0.222. The Labute approximate surface area is 92.3 Å². The maximum atomic E-state index is 12.6. The average Bonchev–Trinajstić information content (AvgIpc) is 2.17. The molecule has 7 heteroatoms. The van der Waals surface area contributed by atoms with Crippen LogP contribution >= 0.6 is 11.8 Å². The van der Waals surface area contributed by atoms with Crippen molar-refractivity contribution in [1.82, 2.24) is 0 Å². The van der Waals surface area contributed by atoms with Crippen LogP contribution in [-0.4, -0.2) is 22.8 Å². The van der Waals surface area contributed by atoms with Gasteiger partial charge in [0.25, 0.3) is 0 Å². The normalized spacial score (nSPS) is 11.8. The summed E-state index contributed by atoms with van der Waals surface area (Å²) in [6, 6.07) is 4.47. The summed E-state index contributed by atoms with van der Waals surface area (Å²) in [7, 11) is 0. The summed E-state index contributed by atoms with van der Waals surface area (Å²) in [5, 5.41) is 4.35. The summed E-state index contributed by atoms with van der Waals surface area (Å²) in [5.41, 5.74) is -0.227. The topological polar surface area (TPSA) is 37.3 Å². The Bertz CT molecular complexity index is 395. The lowest BCUT2D eigenvalue weighted by Crippen LogP contribution is -2.21. The second-order valence-corrected chi connectivity index (χ2v) is 4.02. The highest BCUT2D eigenvalue weighted by Crippen LogP contribution is 2.40. The van der Waals surface area contributed by atoms with Crippen LogP contribution in [0, 0.1) is 0 Å². The van der Waals surface area contributed by atoms with Crippen molar-refractivity contribution >= 4 is 17.7 Å². The molecule has 0 aliphatic rings. The van der Waals surface area contributed by atoms with Gasteiger partial charge in [-0.25, -0.2) is 13.6 Å². The van der Waals surface area contributed by atoms with Crippen molar-refractivity contribution in [3.63, 3.8) is 0 Å². The van der Waals surface area contributed by atoms with Crippen LogP contribution in [0.25, 0.3) is 0 Å². The molecule has 0 bridgehead atoms. The molecule has 0 heterocycles. The van der Waals surface area contributed by atoms with E-state index in [9.17, 15) is 22.4 Å². The molecule has 0 aromatic heterocycles. The summed E-state index contributed by atoms with van der Waals surface area (Å²) < 4.78 is 49.0. The van der Waals surface area contributed by atoms with E-state index in [0.29, 0.717) is 0 Å². The van der Waals surface area contributed by atoms with Gasteiger partial charge in [-0.05, 0) is 30.0 Å². The fourth-order valence-corrected chi connectivity index (χ4v) is 1.63. The van der Waals surface area contributed by atoms with Gasteiger partial charge in [-0.3, -0.25) is 0 Å². The van der Waals surface area contributed by atoms with Gasteiger partial charge in [0.2, 0.25) is 0 Å². The monoisotopic (exact) mass is 254 g/mol. The van der Waals surface area contributed by atoms with Gasteiger partial charge in [-0.15, -0.1) is 0 Å². The molecule has 2 nitrogen and oxygen atoms in total. The maximum absolute atomic E-state index is 12.6. The number of carbonyl (C=O) groups is 1. The second-order valence-electron chi connectivity index (χ2n) is 2.80. The quantitative estimate of drug-likeness (QED) is 0.661. The molecule has 0 fully saturated rings. The molecule has 0 spiro atoms. The highest BCUT2D eigenvalue weighted by atomic mass is 32.2. The van der Waals surface area contributed by atoms with Crippen molar-refractivity contribution in [3.05, 3.63) is 29.8 Å². The number of carboxylic acids is 1. The zero-order valence-electron chi connectivity index (χ0n) is 7.66. The van der Waals surface area contributed by atoms with Gasteiger partial charge in [0.15, 0.2) is 0 Å². The minimum absolute atomic E-state index is 0.217. The number of carboxylic acid groups (broad SMARTS) is 1. The minimum Gasteiger partial charge on any atom is -0.478 e. The third kappa shape index (κ3) is 3.13. The summed E-state index contributed by atoms with van der Waals surface area (Å²) >= 11 is -0.361. The Hall–Kier alpha value is -1.24. The first-order chi connectivity index (χ1) is 7.33.